The summed E-state index contributed by atoms with van der Waals surface area (Å²) in [7, 11) is 1.46. The molecule has 0 aromatic heterocycles. The Labute approximate surface area is 225 Å². The zero-order valence-electron chi connectivity index (χ0n) is 22.0. The van der Waals surface area contributed by atoms with E-state index in [4.69, 9.17) is 14.2 Å². The standard InChI is InChI=1S/C30H29F2NO6/c1-5-38-25-14-19(8-13-24(25)37-4)27-26(28(34)18-6-10-21(11-7-18)39-16-17(2)3)29(35)30(36)33(27)23-12-9-20(31)15-22(23)32/h6-15,17,27,34H,5,16H2,1-4H3/b28-26+. The Morgan fingerprint density at radius 2 is 1.69 bits per heavy atom. The number of carbonyl (C=O) groups is 2. The highest BCUT2D eigenvalue weighted by Gasteiger charge is 2.48. The molecule has 1 unspecified atom stereocenters. The molecule has 1 amide bonds. The van der Waals surface area contributed by atoms with E-state index in [9.17, 15) is 23.5 Å². The van der Waals surface area contributed by atoms with Gasteiger partial charge in [0.1, 0.15) is 23.1 Å². The van der Waals surface area contributed by atoms with Crippen molar-refractivity contribution < 1.29 is 37.7 Å². The molecular weight excluding hydrogens is 508 g/mol. The van der Waals surface area contributed by atoms with Crippen LogP contribution in [0.3, 0.4) is 0 Å². The molecule has 9 heteroatoms. The SMILES string of the molecule is CCOc1cc(C2/C(=C(\O)c3ccc(OCC(C)C)cc3)C(=O)C(=O)N2c2ccc(F)cc2F)ccc1OC. The number of halogens is 2. The number of hydrogen-bond acceptors (Lipinski definition) is 6. The average molecular weight is 538 g/mol. The van der Waals surface area contributed by atoms with Gasteiger partial charge in [-0.25, -0.2) is 8.78 Å². The van der Waals surface area contributed by atoms with Crippen LogP contribution >= 0.6 is 0 Å². The van der Waals surface area contributed by atoms with Crippen LogP contribution in [0, 0.1) is 17.6 Å². The molecule has 1 saturated heterocycles. The smallest absolute Gasteiger partial charge is 0.300 e. The van der Waals surface area contributed by atoms with E-state index in [1.54, 1.807) is 49.4 Å². The van der Waals surface area contributed by atoms with Gasteiger partial charge in [-0.15, -0.1) is 0 Å². The maximum atomic E-state index is 15.0. The molecular formula is C30H29F2NO6. The van der Waals surface area contributed by atoms with Gasteiger partial charge in [0.25, 0.3) is 11.7 Å². The van der Waals surface area contributed by atoms with Crippen molar-refractivity contribution in [3.8, 4) is 17.2 Å². The number of anilines is 1. The van der Waals surface area contributed by atoms with Crippen molar-refractivity contribution in [2.75, 3.05) is 25.2 Å². The molecule has 0 radical (unpaired) electrons. The molecule has 0 spiro atoms. The maximum Gasteiger partial charge on any atom is 0.300 e. The van der Waals surface area contributed by atoms with Crippen molar-refractivity contribution in [3.05, 3.63) is 89.0 Å². The summed E-state index contributed by atoms with van der Waals surface area (Å²) >= 11 is 0. The highest BCUT2D eigenvalue weighted by Crippen LogP contribution is 2.45. The third-order valence-corrected chi connectivity index (χ3v) is 6.13. The Morgan fingerprint density at radius 3 is 2.31 bits per heavy atom. The molecule has 1 fully saturated rings. The van der Waals surface area contributed by atoms with Crippen molar-refractivity contribution in [1.82, 2.24) is 0 Å². The van der Waals surface area contributed by atoms with Gasteiger partial charge >= 0.3 is 0 Å². The molecule has 1 aliphatic rings. The van der Waals surface area contributed by atoms with E-state index in [1.807, 2.05) is 13.8 Å². The van der Waals surface area contributed by atoms with E-state index in [0.29, 0.717) is 48.0 Å². The Bertz CT molecular complexity index is 1420. The Hall–Kier alpha value is -4.40. The first-order valence-corrected chi connectivity index (χ1v) is 12.5. The number of aliphatic hydroxyl groups is 1. The Kier molecular flexibility index (Phi) is 8.18. The van der Waals surface area contributed by atoms with Gasteiger partial charge < -0.3 is 19.3 Å². The molecule has 1 atom stereocenters. The van der Waals surface area contributed by atoms with Crippen LogP contribution in [-0.2, 0) is 9.59 Å². The number of methoxy groups -OCH3 is 1. The van der Waals surface area contributed by atoms with E-state index in [-0.39, 0.29) is 16.8 Å². The van der Waals surface area contributed by atoms with Crippen LogP contribution in [0.25, 0.3) is 5.76 Å². The van der Waals surface area contributed by atoms with Crippen LogP contribution < -0.4 is 19.1 Å². The first-order chi connectivity index (χ1) is 18.7. The summed E-state index contributed by atoms with van der Waals surface area (Å²) in [5.41, 5.74) is 0.0366. The molecule has 1 aliphatic heterocycles. The molecule has 0 aliphatic carbocycles. The predicted octanol–water partition coefficient (Wildman–Crippen LogP) is 6.03. The second kappa shape index (κ2) is 11.6. The molecule has 3 aromatic rings. The third-order valence-electron chi connectivity index (χ3n) is 6.13. The molecule has 0 saturated carbocycles. The van der Waals surface area contributed by atoms with Crippen LogP contribution in [0.15, 0.2) is 66.2 Å². The number of ketones is 1. The summed E-state index contributed by atoms with van der Waals surface area (Å²) < 4.78 is 45.4. The van der Waals surface area contributed by atoms with E-state index in [0.717, 1.165) is 17.0 Å². The van der Waals surface area contributed by atoms with Gasteiger partial charge in [0.2, 0.25) is 0 Å². The lowest BCUT2D eigenvalue weighted by molar-refractivity contribution is -0.132. The number of Topliss-reactive ketones (excluding diaryl/α,β-unsaturated/α-hetero) is 1. The highest BCUT2D eigenvalue weighted by molar-refractivity contribution is 6.51. The summed E-state index contributed by atoms with van der Waals surface area (Å²) in [4.78, 5) is 27.6. The molecule has 204 valence electrons. The third kappa shape index (κ3) is 5.57. The highest BCUT2D eigenvalue weighted by atomic mass is 19.1. The number of rotatable bonds is 9. The molecule has 7 nitrogen and oxygen atoms in total. The lowest BCUT2D eigenvalue weighted by Gasteiger charge is -2.26. The quantitative estimate of drug-likeness (QED) is 0.204. The lowest BCUT2D eigenvalue weighted by Crippen LogP contribution is -2.30. The number of carbonyl (C=O) groups excluding carboxylic acids is 2. The van der Waals surface area contributed by atoms with E-state index in [1.165, 1.54) is 7.11 Å². The second-order valence-electron chi connectivity index (χ2n) is 9.34. The molecule has 0 bridgehead atoms. The van der Waals surface area contributed by atoms with Crippen LogP contribution in [0.1, 0.15) is 37.9 Å². The minimum absolute atomic E-state index is 0.257. The Balaban J connectivity index is 1.89. The normalized spacial score (nSPS) is 16.6. The van der Waals surface area contributed by atoms with Gasteiger partial charge in [-0.05, 0) is 66.9 Å². The van der Waals surface area contributed by atoms with Gasteiger partial charge in [0.15, 0.2) is 11.5 Å². The van der Waals surface area contributed by atoms with Crippen molar-refractivity contribution in [1.29, 1.82) is 0 Å². The van der Waals surface area contributed by atoms with Gasteiger partial charge in [-0.3, -0.25) is 14.5 Å². The van der Waals surface area contributed by atoms with E-state index < -0.39 is 35.1 Å². The van der Waals surface area contributed by atoms with Crippen molar-refractivity contribution in [2.45, 2.75) is 26.8 Å². The van der Waals surface area contributed by atoms with Gasteiger partial charge in [-0.2, -0.15) is 0 Å². The van der Waals surface area contributed by atoms with Crippen molar-refractivity contribution in [3.63, 3.8) is 0 Å². The van der Waals surface area contributed by atoms with Gasteiger partial charge in [0, 0.05) is 11.6 Å². The summed E-state index contributed by atoms with van der Waals surface area (Å²) in [6.07, 6.45) is 0. The van der Waals surface area contributed by atoms with E-state index in [2.05, 4.69) is 0 Å². The molecule has 1 heterocycles. The summed E-state index contributed by atoms with van der Waals surface area (Å²) in [6.45, 7) is 6.61. The molecule has 1 N–H and O–H groups in total. The number of benzene rings is 3. The first kappa shape index (κ1) is 27.6. The second-order valence-corrected chi connectivity index (χ2v) is 9.34. The van der Waals surface area contributed by atoms with Gasteiger partial charge in [0.05, 0.1) is 37.6 Å². The average Bonchev–Trinajstić information content (AvgIpc) is 3.17. The molecule has 39 heavy (non-hydrogen) atoms. The van der Waals surface area contributed by atoms with E-state index >= 15 is 0 Å². The zero-order chi connectivity index (χ0) is 28.3. The van der Waals surface area contributed by atoms with Crippen LogP contribution in [0.4, 0.5) is 14.5 Å². The van der Waals surface area contributed by atoms with Crippen LogP contribution in [0.2, 0.25) is 0 Å². The van der Waals surface area contributed by atoms with Gasteiger partial charge in [-0.1, -0.05) is 19.9 Å². The molecule has 4 rings (SSSR count). The maximum absolute atomic E-state index is 15.0. The fraction of sp³-hybridized carbons (Fsp3) is 0.267. The number of hydrogen-bond donors (Lipinski definition) is 1. The van der Waals surface area contributed by atoms with Crippen LogP contribution in [-0.4, -0.2) is 37.1 Å². The minimum Gasteiger partial charge on any atom is -0.507 e. The monoisotopic (exact) mass is 537 g/mol. The van der Waals surface area contributed by atoms with Crippen molar-refractivity contribution in [2.24, 2.45) is 5.92 Å². The largest absolute Gasteiger partial charge is 0.507 e. The topological polar surface area (TPSA) is 85.3 Å². The fourth-order valence-electron chi connectivity index (χ4n) is 4.33. The summed E-state index contributed by atoms with van der Waals surface area (Å²) in [5, 5.41) is 11.3. The van der Waals surface area contributed by atoms with Crippen molar-refractivity contribution >= 4 is 23.1 Å². The summed E-state index contributed by atoms with van der Waals surface area (Å²) in [6, 6.07) is 12.6. The first-order valence-electron chi connectivity index (χ1n) is 12.5. The molecule has 3 aromatic carbocycles. The minimum atomic E-state index is -1.24. The lowest BCUT2D eigenvalue weighted by atomic mass is 9.94. The zero-order valence-corrected chi connectivity index (χ0v) is 22.0. The number of amides is 1. The predicted molar refractivity (Wildman–Crippen MR) is 142 cm³/mol. The number of aliphatic hydroxyl groups excluding tert-OH is 1. The Morgan fingerprint density at radius 1 is 0.974 bits per heavy atom. The summed E-state index contributed by atoms with van der Waals surface area (Å²) in [5.74, 6) is -2.80. The van der Waals surface area contributed by atoms with Crippen LogP contribution in [0.5, 0.6) is 17.2 Å². The number of ether oxygens (including phenoxy) is 3. The number of nitrogens with zero attached hydrogens (tertiary/aromatic N) is 1. The fourth-order valence-corrected chi connectivity index (χ4v) is 4.33.